The molecule has 0 aromatic heterocycles. The highest BCUT2D eigenvalue weighted by atomic mass is 19.1. The number of benzene rings is 2. The average molecular weight is 270 g/mol. The summed E-state index contributed by atoms with van der Waals surface area (Å²) in [6, 6.07) is 10.6. The Balaban J connectivity index is 2.05. The van der Waals surface area contributed by atoms with E-state index in [1.165, 1.54) is 6.07 Å². The first-order valence-corrected chi connectivity index (χ1v) is 6.72. The molecular weight excluding hydrogens is 255 g/mol. The fourth-order valence-electron chi connectivity index (χ4n) is 2.43. The van der Waals surface area contributed by atoms with Crippen LogP contribution in [0.4, 0.5) is 4.39 Å². The molecule has 3 heteroatoms. The standard InChI is InChI=1S/C17H15FO2/c1-11-9-12(5-7-15(11)18)13-4-6-14-16(19)3-2-8-20-17(14)10-13/h4-7,9-10H,2-3,8H2,1H3. The molecule has 0 aliphatic carbocycles. The van der Waals surface area contributed by atoms with Gasteiger partial charge >= 0.3 is 0 Å². The smallest absolute Gasteiger partial charge is 0.166 e. The lowest BCUT2D eigenvalue weighted by Crippen LogP contribution is -1.97. The Morgan fingerprint density at radius 2 is 1.85 bits per heavy atom. The Morgan fingerprint density at radius 3 is 2.65 bits per heavy atom. The van der Waals surface area contributed by atoms with E-state index >= 15 is 0 Å². The number of ketones is 1. The molecule has 1 aliphatic rings. The lowest BCUT2D eigenvalue weighted by molar-refractivity contribution is 0.0983. The molecule has 102 valence electrons. The summed E-state index contributed by atoms with van der Waals surface area (Å²) < 4.78 is 19.0. The monoisotopic (exact) mass is 270 g/mol. The van der Waals surface area contributed by atoms with E-state index in [4.69, 9.17) is 4.74 Å². The molecule has 2 nitrogen and oxygen atoms in total. The van der Waals surface area contributed by atoms with Crippen molar-refractivity contribution >= 4 is 5.78 Å². The molecule has 0 bridgehead atoms. The maximum absolute atomic E-state index is 13.3. The lowest BCUT2D eigenvalue weighted by atomic mass is 9.99. The number of carbonyl (C=O) groups excluding carboxylic acids is 1. The zero-order valence-corrected chi connectivity index (χ0v) is 11.3. The summed E-state index contributed by atoms with van der Waals surface area (Å²) in [6.45, 7) is 2.30. The number of aryl methyl sites for hydroxylation is 1. The number of Topliss-reactive ketones (excluding diaryl/α,β-unsaturated/α-hetero) is 1. The summed E-state index contributed by atoms with van der Waals surface area (Å²) >= 11 is 0. The zero-order chi connectivity index (χ0) is 14.1. The van der Waals surface area contributed by atoms with Gasteiger partial charge in [0.05, 0.1) is 12.2 Å². The highest BCUT2D eigenvalue weighted by Crippen LogP contribution is 2.30. The minimum absolute atomic E-state index is 0.124. The van der Waals surface area contributed by atoms with E-state index in [0.29, 0.717) is 29.9 Å². The van der Waals surface area contributed by atoms with Crippen LogP contribution in [0.15, 0.2) is 36.4 Å². The highest BCUT2D eigenvalue weighted by molar-refractivity contribution is 5.99. The summed E-state index contributed by atoms with van der Waals surface area (Å²) in [6.07, 6.45) is 1.28. The summed E-state index contributed by atoms with van der Waals surface area (Å²) in [7, 11) is 0. The van der Waals surface area contributed by atoms with Crippen molar-refractivity contribution in [3.63, 3.8) is 0 Å². The van der Waals surface area contributed by atoms with E-state index in [2.05, 4.69) is 0 Å². The maximum atomic E-state index is 13.3. The minimum Gasteiger partial charge on any atom is -0.493 e. The third-order valence-electron chi connectivity index (χ3n) is 3.58. The van der Waals surface area contributed by atoms with Crippen LogP contribution in [-0.4, -0.2) is 12.4 Å². The maximum Gasteiger partial charge on any atom is 0.166 e. The van der Waals surface area contributed by atoms with Crippen molar-refractivity contribution in [2.45, 2.75) is 19.8 Å². The molecule has 0 spiro atoms. The van der Waals surface area contributed by atoms with Gasteiger partial charge in [-0.05, 0) is 54.3 Å². The van der Waals surface area contributed by atoms with Crippen LogP contribution in [0.25, 0.3) is 11.1 Å². The number of hydrogen-bond acceptors (Lipinski definition) is 2. The molecule has 3 rings (SSSR count). The van der Waals surface area contributed by atoms with E-state index < -0.39 is 0 Å². The van der Waals surface area contributed by atoms with Gasteiger partial charge in [-0.15, -0.1) is 0 Å². The quantitative estimate of drug-likeness (QED) is 0.778. The summed E-state index contributed by atoms with van der Waals surface area (Å²) in [5, 5.41) is 0. The minimum atomic E-state index is -0.213. The van der Waals surface area contributed by atoms with Crippen molar-refractivity contribution < 1.29 is 13.9 Å². The molecule has 0 amide bonds. The second-order valence-electron chi connectivity index (χ2n) is 5.05. The number of halogens is 1. The normalized spacial score (nSPS) is 14.4. The van der Waals surface area contributed by atoms with Gasteiger partial charge in [0, 0.05) is 6.42 Å². The van der Waals surface area contributed by atoms with Gasteiger partial charge in [-0.25, -0.2) is 4.39 Å². The van der Waals surface area contributed by atoms with Gasteiger partial charge in [-0.1, -0.05) is 12.1 Å². The zero-order valence-electron chi connectivity index (χ0n) is 11.3. The molecule has 1 heterocycles. The molecule has 0 fully saturated rings. The van der Waals surface area contributed by atoms with Crippen LogP contribution in [0.2, 0.25) is 0 Å². The highest BCUT2D eigenvalue weighted by Gasteiger charge is 2.17. The predicted octanol–water partition coefficient (Wildman–Crippen LogP) is 4.16. The van der Waals surface area contributed by atoms with Crippen LogP contribution in [0, 0.1) is 12.7 Å². The topological polar surface area (TPSA) is 26.3 Å². The van der Waals surface area contributed by atoms with Gasteiger partial charge < -0.3 is 4.74 Å². The van der Waals surface area contributed by atoms with Crippen LogP contribution >= 0.6 is 0 Å². The van der Waals surface area contributed by atoms with Crippen LogP contribution in [0.3, 0.4) is 0 Å². The van der Waals surface area contributed by atoms with Crippen LogP contribution in [0.5, 0.6) is 5.75 Å². The third kappa shape index (κ3) is 2.31. The molecule has 2 aromatic rings. The summed E-state index contributed by atoms with van der Waals surface area (Å²) in [5.74, 6) is 0.543. The largest absolute Gasteiger partial charge is 0.493 e. The van der Waals surface area contributed by atoms with E-state index in [1.807, 2.05) is 12.1 Å². The predicted molar refractivity (Wildman–Crippen MR) is 75.6 cm³/mol. The Bertz CT molecular complexity index is 677. The third-order valence-corrected chi connectivity index (χ3v) is 3.58. The van der Waals surface area contributed by atoms with Crippen molar-refractivity contribution in [1.29, 1.82) is 0 Å². The first-order valence-electron chi connectivity index (χ1n) is 6.72. The van der Waals surface area contributed by atoms with E-state index in [-0.39, 0.29) is 11.6 Å². The van der Waals surface area contributed by atoms with Crippen LogP contribution in [0.1, 0.15) is 28.8 Å². The molecule has 0 radical (unpaired) electrons. The summed E-state index contributed by atoms with van der Waals surface area (Å²) in [4.78, 5) is 11.9. The van der Waals surface area contributed by atoms with Gasteiger partial charge in [-0.2, -0.15) is 0 Å². The Hall–Kier alpha value is -2.16. The molecule has 0 saturated carbocycles. The fraction of sp³-hybridized carbons (Fsp3) is 0.235. The Morgan fingerprint density at radius 1 is 1.10 bits per heavy atom. The molecule has 0 atom stereocenters. The first-order chi connectivity index (χ1) is 9.65. The van der Waals surface area contributed by atoms with Crippen LogP contribution in [-0.2, 0) is 0 Å². The van der Waals surface area contributed by atoms with Crippen molar-refractivity contribution in [2.75, 3.05) is 6.61 Å². The molecule has 2 aromatic carbocycles. The van der Waals surface area contributed by atoms with Crippen molar-refractivity contribution in [3.05, 3.63) is 53.3 Å². The van der Waals surface area contributed by atoms with Gasteiger partial charge in [0.2, 0.25) is 0 Å². The van der Waals surface area contributed by atoms with Gasteiger partial charge in [0.25, 0.3) is 0 Å². The van der Waals surface area contributed by atoms with E-state index in [1.54, 1.807) is 25.1 Å². The average Bonchev–Trinajstić information content (AvgIpc) is 2.63. The van der Waals surface area contributed by atoms with Crippen LogP contribution < -0.4 is 4.74 Å². The fourth-order valence-corrected chi connectivity index (χ4v) is 2.43. The molecule has 0 N–H and O–H groups in total. The second kappa shape index (κ2) is 5.08. The van der Waals surface area contributed by atoms with E-state index in [9.17, 15) is 9.18 Å². The Kier molecular flexibility index (Phi) is 3.26. The number of hydrogen-bond donors (Lipinski definition) is 0. The van der Waals surface area contributed by atoms with Crippen molar-refractivity contribution in [1.82, 2.24) is 0 Å². The number of rotatable bonds is 1. The number of fused-ring (bicyclic) bond motifs is 1. The van der Waals surface area contributed by atoms with Crippen molar-refractivity contribution in [2.24, 2.45) is 0 Å². The molecule has 20 heavy (non-hydrogen) atoms. The first kappa shape index (κ1) is 12.9. The lowest BCUT2D eigenvalue weighted by Gasteiger charge is -2.10. The Labute approximate surface area is 117 Å². The van der Waals surface area contributed by atoms with Gasteiger partial charge in [-0.3, -0.25) is 4.79 Å². The number of carbonyl (C=O) groups is 1. The molecular formula is C17H15FO2. The van der Waals surface area contributed by atoms with Gasteiger partial charge in [0.15, 0.2) is 5.78 Å². The van der Waals surface area contributed by atoms with Gasteiger partial charge in [0.1, 0.15) is 11.6 Å². The van der Waals surface area contributed by atoms with E-state index in [0.717, 1.165) is 17.5 Å². The van der Waals surface area contributed by atoms with Crippen molar-refractivity contribution in [3.8, 4) is 16.9 Å². The molecule has 0 saturated heterocycles. The number of ether oxygens (including phenoxy) is 1. The molecule has 0 unspecified atom stereocenters. The SMILES string of the molecule is Cc1cc(-c2ccc3c(c2)OCCCC3=O)ccc1F. The second-order valence-corrected chi connectivity index (χ2v) is 5.05. The summed E-state index contributed by atoms with van der Waals surface area (Å²) in [5.41, 5.74) is 3.10. The molecule has 1 aliphatic heterocycles.